The Hall–Kier alpha value is -2.92. The summed E-state index contributed by atoms with van der Waals surface area (Å²) in [4.78, 5) is 36.1. The lowest BCUT2D eigenvalue weighted by molar-refractivity contribution is 0.297. The summed E-state index contributed by atoms with van der Waals surface area (Å²) in [6.07, 6.45) is 6.22. The Bertz CT molecular complexity index is 1120. The van der Waals surface area contributed by atoms with Crippen LogP contribution in [0.4, 0.5) is 0 Å². The van der Waals surface area contributed by atoms with Gasteiger partial charge in [-0.25, -0.2) is 14.4 Å². The lowest BCUT2D eigenvalue weighted by atomic mass is 9.97. The highest BCUT2D eigenvalue weighted by atomic mass is 32.2. The zero-order valence-electron chi connectivity index (χ0n) is 18.0. The summed E-state index contributed by atoms with van der Waals surface area (Å²) in [6.45, 7) is 0.682. The first-order chi connectivity index (χ1) is 15.4. The second kappa shape index (κ2) is 10.6. The maximum absolute atomic E-state index is 11.8. The average Bonchev–Trinajstić information content (AvgIpc) is 3.16. The van der Waals surface area contributed by atoms with Crippen molar-refractivity contribution in [1.29, 1.82) is 0 Å². The number of aryl methyl sites for hydroxylation is 1. The molecule has 0 aliphatic carbocycles. The molecule has 8 nitrogen and oxygen atoms in total. The van der Waals surface area contributed by atoms with Crippen molar-refractivity contribution in [3.63, 3.8) is 0 Å². The molecule has 9 heteroatoms. The molecule has 1 fully saturated rings. The molecule has 1 aromatic rings. The fraction of sp³-hybridized carbons (Fsp3) is 0.478. The van der Waals surface area contributed by atoms with Crippen LogP contribution in [0.1, 0.15) is 55.2 Å². The number of allylic oxidation sites excluding steroid dienone is 1. The van der Waals surface area contributed by atoms with Gasteiger partial charge < -0.3 is 10.2 Å². The molecule has 170 valence electrons. The number of rotatable bonds is 9. The molecule has 2 heterocycles. The minimum absolute atomic E-state index is 0.199. The fourth-order valence-electron chi connectivity index (χ4n) is 4.26. The van der Waals surface area contributed by atoms with E-state index >= 15 is 0 Å². The van der Waals surface area contributed by atoms with Gasteiger partial charge in [-0.15, -0.1) is 0 Å². The van der Waals surface area contributed by atoms with Gasteiger partial charge in [0.1, 0.15) is 29.0 Å². The highest BCUT2D eigenvalue weighted by Crippen LogP contribution is 2.38. The third kappa shape index (κ3) is 5.65. The minimum atomic E-state index is -3.39. The standard InChI is InChI=1S/C23H26N2O6S/c1-32(29,30)31-12-5-3-2-4-7-17-8-6-9-19-20(17)13-25(23(19)16-28)22-11-10-18(14-26)24-21(22)15-27/h6,8-9,22,24H,2-5,7,10-13H2,1H3. The van der Waals surface area contributed by atoms with Gasteiger partial charge in [0, 0.05) is 18.5 Å². The lowest BCUT2D eigenvalue weighted by Gasteiger charge is -2.33. The molecule has 32 heavy (non-hydrogen) atoms. The number of fused-ring (bicyclic) bond motifs is 1. The quantitative estimate of drug-likeness (QED) is 0.340. The van der Waals surface area contributed by atoms with E-state index in [1.165, 1.54) is 0 Å². The predicted octanol–water partition coefficient (Wildman–Crippen LogP) is 1.94. The number of nitrogens with one attached hydrogen (secondary N) is 1. The van der Waals surface area contributed by atoms with Crippen LogP contribution in [-0.2, 0) is 41.7 Å². The summed E-state index contributed by atoms with van der Waals surface area (Å²) in [5.41, 5.74) is 3.97. The molecular formula is C23H26N2O6S. The normalized spacial score (nSPS) is 18.0. The van der Waals surface area contributed by atoms with Gasteiger partial charge in [-0.1, -0.05) is 31.0 Å². The molecule has 0 saturated carbocycles. The van der Waals surface area contributed by atoms with Crippen LogP contribution in [0, 0.1) is 0 Å². The van der Waals surface area contributed by atoms with E-state index in [4.69, 9.17) is 4.18 Å². The van der Waals surface area contributed by atoms with Crippen molar-refractivity contribution in [2.45, 2.75) is 57.5 Å². The monoisotopic (exact) mass is 458 g/mol. The zero-order valence-corrected chi connectivity index (χ0v) is 18.8. The molecule has 1 unspecified atom stereocenters. The maximum atomic E-state index is 11.8. The van der Waals surface area contributed by atoms with E-state index in [0.717, 1.165) is 48.6 Å². The molecule has 0 bridgehead atoms. The maximum Gasteiger partial charge on any atom is 0.264 e. The predicted molar refractivity (Wildman–Crippen MR) is 119 cm³/mol. The first-order valence-corrected chi connectivity index (χ1v) is 12.4. The molecule has 0 amide bonds. The Morgan fingerprint density at radius 2 is 1.88 bits per heavy atom. The Balaban J connectivity index is 1.65. The van der Waals surface area contributed by atoms with Crippen molar-refractivity contribution in [2.24, 2.45) is 0 Å². The molecule has 0 aromatic heterocycles. The summed E-state index contributed by atoms with van der Waals surface area (Å²) < 4.78 is 26.7. The van der Waals surface area contributed by atoms with E-state index < -0.39 is 10.1 Å². The van der Waals surface area contributed by atoms with Crippen molar-refractivity contribution in [3.8, 4) is 0 Å². The van der Waals surface area contributed by atoms with Crippen molar-refractivity contribution < 1.29 is 27.0 Å². The van der Waals surface area contributed by atoms with E-state index in [9.17, 15) is 22.8 Å². The minimum Gasteiger partial charge on any atom is -0.348 e. The van der Waals surface area contributed by atoms with Crippen LogP contribution in [0.5, 0.6) is 0 Å². The van der Waals surface area contributed by atoms with Crippen LogP contribution in [0.3, 0.4) is 0 Å². The van der Waals surface area contributed by atoms with Gasteiger partial charge in [-0.05, 0) is 36.8 Å². The largest absolute Gasteiger partial charge is 0.348 e. The number of hydrogen-bond acceptors (Lipinski definition) is 8. The van der Waals surface area contributed by atoms with Crippen molar-refractivity contribution >= 4 is 33.6 Å². The van der Waals surface area contributed by atoms with E-state index in [-0.39, 0.29) is 18.3 Å². The first-order valence-electron chi connectivity index (χ1n) is 10.6. The molecule has 0 spiro atoms. The van der Waals surface area contributed by atoms with Gasteiger partial charge in [-0.2, -0.15) is 8.42 Å². The van der Waals surface area contributed by atoms with E-state index in [1.807, 2.05) is 35.0 Å². The second-order valence-electron chi connectivity index (χ2n) is 7.99. The zero-order chi connectivity index (χ0) is 23.1. The highest BCUT2D eigenvalue weighted by Gasteiger charge is 2.36. The molecule has 2 aliphatic rings. The molecule has 1 atom stereocenters. The van der Waals surface area contributed by atoms with Crippen molar-refractivity contribution in [2.75, 3.05) is 12.9 Å². The molecule has 3 rings (SSSR count). The SMILES string of the molecule is CS(=O)(=O)OCCCCCCc1cccc2c1CN(C1CCC(=C=O)NC1=C=O)C2=C=O. The molecule has 0 radical (unpaired) electrons. The Morgan fingerprint density at radius 1 is 1.09 bits per heavy atom. The van der Waals surface area contributed by atoms with Crippen molar-refractivity contribution in [1.82, 2.24) is 10.2 Å². The average molecular weight is 459 g/mol. The molecular weight excluding hydrogens is 432 g/mol. The van der Waals surface area contributed by atoms with Gasteiger partial charge in [-0.3, -0.25) is 4.18 Å². The van der Waals surface area contributed by atoms with Crippen LogP contribution in [0.15, 0.2) is 29.6 Å². The molecule has 1 aromatic carbocycles. The smallest absolute Gasteiger partial charge is 0.264 e. The summed E-state index contributed by atoms with van der Waals surface area (Å²) >= 11 is 0. The summed E-state index contributed by atoms with van der Waals surface area (Å²) in [7, 11) is -3.39. The van der Waals surface area contributed by atoms with Gasteiger partial charge in [0.2, 0.25) is 0 Å². The van der Waals surface area contributed by atoms with E-state index in [0.29, 0.717) is 37.2 Å². The molecule has 1 saturated heterocycles. The van der Waals surface area contributed by atoms with Crippen LogP contribution >= 0.6 is 0 Å². The van der Waals surface area contributed by atoms with Gasteiger partial charge in [0.25, 0.3) is 10.1 Å². The van der Waals surface area contributed by atoms with Crippen molar-refractivity contribution in [3.05, 3.63) is 46.3 Å². The van der Waals surface area contributed by atoms with Crippen LogP contribution in [0.25, 0.3) is 5.70 Å². The first kappa shape index (κ1) is 23.7. The second-order valence-corrected chi connectivity index (χ2v) is 9.63. The van der Waals surface area contributed by atoms with E-state index in [1.54, 1.807) is 5.94 Å². The summed E-state index contributed by atoms with van der Waals surface area (Å²) in [5.74, 6) is 5.71. The summed E-state index contributed by atoms with van der Waals surface area (Å²) in [5, 5.41) is 2.79. The lowest BCUT2D eigenvalue weighted by Crippen LogP contribution is -2.41. The number of unbranched alkanes of at least 4 members (excludes halogenated alkanes) is 3. The topological polar surface area (TPSA) is 110 Å². The summed E-state index contributed by atoms with van der Waals surface area (Å²) in [6, 6.07) is 5.47. The molecule has 2 aliphatic heterocycles. The Morgan fingerprint density at radius 3 is 2.56 bits per heavy atom. The van der Waals surface area contributed by atoms with Gasteiger partial charge >= 0.3 is 0 Å². The number of piperidine rings is 1. The third-order valence-electron chi connectivity index (χ3n) is 5.77. The van der Waals surface area contributed by atoms with Crippen LogP contribution < -0.4 is 5.32 Å². The number of hydrogen-bond donors (Lipinski definition) is 1. The van der Waals surface area contributed by atoms with Crippen LogP contribution in [-0.4, -0.2) is 50.0 Å². The van der Waals surface area contributed by atoms with Gasteiger partial charge in [0.05, 0.1) is 18.9 Å². The third-order valence-corrected chi connectivity index (χ3v) is 6.37. The van der Waals surface area contributed by atoms with Gasteiger partial charge in [0.15, 0.2) is 5.94 Å². The Labute approximate surface area is 187 Å². The van der Waals surface area contributed by atoms with Crippen LogP contribution in [0.2, 0.25) is 0 Å². The number of carbonyl (C=O) groups excluding carboxylic acids is 3. The fourth-order valence-corrected chi connectivity index (χ4v) is 4.68. The number of benzene rings is 1. The highest BCUT2D eigenvalue weighted by molar-refractivity contribution is 7.85. The number of nitrogens with zero attached hydrogens (tertiary/aromatic N) is 1. The Kier molecular flexibility index (Phi) is 7.86. The molecule has 1 N–H and O–H groups in total. The van der Waals surface area contributed by atoms with E-state index in [2.05, 4.69) is 5.32 Å².